The molecule has 6 aliphatic rings. The van der Waals surface area contributed by atoms with Crippen molar-refractivity contribution in [1.29, 1.82) is 5.26 Å². The Kier molecular flexibility index (Phi) is 7.00. The number of Topliss-reactive ketones (excluding diaryl/α,β-unsaturated/α-hetero) is 2. The Morgan fingerprint density at radius 2 is 1.69 bits per heavy atom. The molecule has 2 aromatic carbocycles. The zero-order chi connectivity index (χ0) is 34.6. The van der Waals surface area contributed by atoms with E-state index in [0.29, 0.717) is 28.2 Å². The molecule has 13 nitrogen and oxygen atoms in total. The number of nitrogens with zero attached hydrogens (tertiary/aromatic N) is 4. The molecule has 2 amide bonds. The number of nitriles is 1. The fourth-order valence-corrected chi connectivity index (χ4v) is 9.43. The number of piperazine rings is 1. The second kappa shape index (κ2) is 11.0. The third kappa shape index (κ3) is 4.13. The zero-order valence-corrected chi connectivity index (χ0v) is 27.6. The van der Waals surface area contributed by atoms with Gasteiger partial charge < -0.3 is 18.9 Å². The lowest BCUT2D eigenvalue weighted by molar-refractivity contribution is -0.158. The van der Waals surface area contributed by atoms with E-state index in [9.17, 15) is 29.2 Å². The summed E-state index contributed by atoms with van der Waals surface area (Å²) in [5.41, 5.74) is 2.54. The molecular weight excluding hydrogens is 632 g/mol. The molecule has 7 atom stereocenters. The normalized spacial score (nSPS) is 30.0. The highest BCUT2D eigenvalue weighted by atomic mass is 16.7. The molecule has 8 rings (SSSR count). The Bertz CT molecular complexity index is 1950. The van der Waals surface area contributed by atoms with Crippen LogP contribution in [0.2, 0.25) is 0 Å². The number of likely N-dealkylation sites (N-methyl/N-ethyl adjacent to an activating group) is 1. The molecule has 2 unspecified atom stereocenters. The van der Waals surface area contributed by atoms with Crippen molar-refractivity contribution in [2.45, 2.75) is 63.8 Å². The van der Waals surface area contributed by atoms with Crippen molar-refractivity contribution in [2.75, 3.05) is 27.5 Å². The van der Waals surface area contributed by atoms with Gasteiger partial charge in [-0.3, -0.25) is 38.7 Å². The third-order valence-corrected chi connectivity index (χ3v) is 11.4. The first-order valence-corrected chi connectivity index (χ1v) is 16.3. The van der Waals surface area contributed by atoms with Crippen molar-refractivity contribution in [3.63, 3.8) is 0 Å². The number of rotatable bonds is 4. The molecule has 2 fully saturated rings. The number of benzene rings is 2. The van der Waals surface area contributed by atoms with Gasteiger partial charge in [-0.05, 0) is 45.9 Å². The molecule has 0 aromatic heterocycles. The summed E-state index contributed by atoms with van der Waals surface area (Å²) in [7, 11) is 3.25. The smallest absolute Gasteiger partial charge is 0.308 e. The maximum atomic E-state index is 14.2. The van der Waals surface area contributed by atoms with E-state index in [-0.39, 0.29) is 66.0 Å². The highest BCUT2D eigenvalue weighted by Gasteiger charge is 2.63. The summed E-state index contributed by atoms with van der Waals surface area (Å²) in [5, 5.41) is 10.9. The summed E-state index contributed by atoms with van der Waals surface area (Å²) in [6.07, 6.45) is 0.471. The minimum Gasteiger partial charge on any atom is -0.493 e. The van der Waals surface area contributed by atoms with Crippen LogP contribution in [0.3, 0.4) is 0 Å². The van der Waals surface area contributed by atoms with E-state index in [1.54, 1.807) is 38.1 Å². The van der Waals surface area contributed by atoms with Crippen LogP contribution < -0.4 is 14.2 Å². The summed E-state index contributed by atoms with van der Waals surface area (Å²) < 4.78 is 23.3. The van der Waals surface area contributed by atoms with Crippen LogP contribution in [0.25, 0.3) is 0 Å². The monoisotopic (exact) mass is 666 g/mol. The number of piperidine rings is 1. The average Bonchev–Trinajstić information content (AvgIpc) is 3.66. The molecule has 5 aliphatic heterocycles. The first-order valence-electron chi connectivity index (χ1n) is 16.3. The molecular formula is C36H34N4O9. The molecule has 2 saturated heterocycles. The number of imide groups is 1. The third-order valence-electron chi connectivity index (χ3n) is 11.4. The van der Waals surface area contributed by atoms with Crippen molar-refractivity contribution < 1.29 is 42.9 Å². The summed E-state index contributed by atoms with van der Waals surface area (Å²) in [6, 6.07) is 5.85. The fraction of sp³-hybridized carbons (Fsp3) is 0.444. The van der Waals surface area contributed by atoms with Crippen LogP contribution in [0, 0.1) is 30.1 Å². The lowest BCUT2D eigenvalue weighted by atomic mass is 9.61. The number of allylic oxidation sites excluding steroid dienone is 2. The van der Waals surface area contributed by atoms with Gasteiger partial charge in [0.05, 0.1) is 36.3 Å². The van der Waals surface area contributed by atoms with Gasteiger partial charge in [0.1, 0.15) is 11.8 Å². The molecule has 49 heavy (non-hydrogen) atoms. The summed E-state index contributed by atoms with van der Waals surface area (Å²) in [5.74, 6) is -2.31. The SMILES string of the molecule is COC1=C(C)C(=O)C2C[C@H]3[C@H](C#N)N4[C@@H](CN5C(=O)c6ccccc6C5=O)c5c(c(OC(C)=O)c(C)c6c5OCO6)C[C@H]4[C@@H](C2C1=O)N3C. The van der Waals surface area contributed by atoms with Crippen molar-refractivity contribution in [2.24, 2.45) is 11.8 Å². The Morgan fingerprint density at radius 3 is 2.33 bits per heavy atom. The van der Waals surface area contributed by atoms with E-state index in [0.717, 1.165) is 0 Å². The lowest BCUT2D eigenvalue weighted by Crippen LogP contribution is -2.76. The Hall–Kier alpha value is -5.06. The van der Waals surface area contributed by atoms with Crippen molar-refractivity contribution in [1.82, 2.24) is 14.7 Å². The zero-order valence-electron chi connectivity index (χ0n) is 27.6. The minimum absolute atomic E-state index is 0.0330. The second-order valence-corrected chi connectivity index (χ2v) is 13.6. The molecule has 1 aliphatic carbocycles. The number of hydrogen-bond donors (Lipinski definition) is 0. The Labute approximate surface area is 281 Å². The molecule has 0 radical (unpaired) electrons. The number of esters is 1. The number of carbonyl (C=O) groups excluding carboxylic acids is 5. The fourth-order valence-electron chi connectivity index (χ4n) is 9.43. The first kappa shape index (κ1) is 31.2. The largest absolute Gasteiger partial charge is 0.493 e. The highest BCUT2D eigenvalue weighted by molar-refractivity contribution is 6.21. The van der Waals surface area contributed by atoms with E-state index in [4.69, 9.17) is 18.9 Å². The summed E-state index contributed by atoms with van der Waals surface area (Å²) >= 11 is 0. The maximum Gasteiger partial charge on any atom is 0.308 e. The highest BCUT2D eigenvalue weighted by Crippen LogP contribution is 2.57. The van der Waals surface area contributed by atoms with E-state index < -0.39 is 59.8 Å². The number of carbonyl (C=O) groups is 5. The minimum atomic E-state index is -0.824. The Morgan fingerprint density at radius 1 is 1.02 bits per heavy atom. The topological polar surface area (TPSA) is 156 Å². The van der Waals surface area contributed by atoms with Gasteiger partial charge in [-0.15, -0.1) is 0 Å². The predicted octanol–water partition coefficient (Wildman–Crippen LogP) is 2.50. The average molecular weight is 667 g/mol. The van der Waals surface area contributed by atoms with Crippen molar-refractivity contribution in [3.8, 4) is 23.3 Å². The molecule has 0 N–H and O–H groups in total. The van der Waals surface area contributed by atoms with Gasteiger partial charge in [0, 0.05) is 59.8 Å². The molecule has 2 bridgehead atoms. The van der Waals surface area contributed by atoms with Crippen LogP contribution >= 0.6 is 0 Å². The van der Waals surface area contributed by atoms with Gasteiger partial charge in [-0.25, -0.2) is 0 Å². The van der Waals surface area contributed by atoms with Crippen LogP contribution in [-0.2, 0) is 25.5 Å². The molecule has 5 heterocycles. The van der Waals surface area contributed by atoms with Gasteiger partial charge in [0.25, 0.3) is 11.8 Å². The van der Waals surface area contributed by atoms with Gasteiger partial charge in [-0.1, -0.05) is 12.1 Å². The van der Waals surface area contributed by atoms with Crippen LogP contribution in [0.1, 0.15) is 63.7 Å². The van der Waals surface area contributed by atoms with Crippen molar-refractivity contribution >= 4 is 29.4 Å². The first-order chi connectivity index (χ1) is 23.5. The Balaban J connectivity index is 1.35. The second-order valence-electron chi connectivity index (χ2n) is 13.6. The number of amides is 2. The molecule has 2 aromatic rings. The summed E-state index contributed by atoms with van der Waals surface area (Å²) in [4.78, 5) is 73.4. The van der Waals surface area contributed by atoms with Crippen LogP contribution in [0.4, 0.5) is 0 Å². The number of ether oxygens (including phenoxy) is 4. The summed E-state index contributed by atoms with van der Waals surface area (Å²) in [6.45, 7) is 4.40. The number of fused-ring (bicyclic) bond motifs is 10. The molecule has 0 saturated carbocycles. The number of ketones is 2. The van der Waals surface area contributed by atoms with Crippen LogP contribution in [0.5, 0.6) is 17.2 Å². The van der Waals surface area contributed by atoms with Gasteiger partial charge in [0.15, 0.2) is 23.0 Å². The maximum absolute atomic E-state index is 14.2. The number of methoxy groups -OCH3 is 1. The predicted molar refractivity (Wildman–Crippen MR) is 169 cm³/mol. The van der Waals surface area contributed by atoms with E-state index in [1.165, 1.54) is 18.9 Å². The lowest BCUT2D eigenvalue weighted by Gasteiger charge is -2.63. The van der Waals surface area contributed by atoms with Crippen LogP contribution in [-0.4, -0.2) is 95.7 Å². The molecule has 0 spiro atoms. The number of hydrogen-bond acceptors (Lipinski definition) is 12. The van der Waals surface area contributed by atoms with Crippen molar-refractivity contribution in [3.05, 3.63) is 63.4 Å². The quantitative estimate of drug-likeness (QED) is 0.267. The van der Waals surface area contributed by atoms with Gasteiger partial charge in [0.2, 0.25) is 12.6 Å². The molecule has 13 heteroatoms. The van der Waals surface area contributed by atoms with E-state index >= 15 is 0 Å². The van der Waals surface area contributed by atoms with Gasteiger partial charge in [-0.2, -0.15) is 5.26 Å². The van der Waals surface area contributed by atoms with E-state index in [2.05, 4.69) is 6.07 Å². The standard InChI is InChI=1S/C36H34N4O9/c1-15-29(42)20-10-22-24(12-37)40-23(28(38(22)4)27(20)30(43)32(15)46-5)11-21-26(34-33(47-14-48-34)16(2)31(21)49-17(3)41)25(40)13-39-35(44)18-8-6-7-9-19(18)36(39)45/h6-9,20,22-25,27-28H,10-11,13-14H2,1-5H3/t20?,22-,23-,24-,25-,27?,28-/m0/s1. The van der Waals surface area contributed by atoms with E-state index in [1.807, 2.05) is 16.8 Å². The van der Waals surface area contributed by atoms with Gasteiger partial charge >= 0.3 is 5.97 Å². The van der Waals surface area contributed by atoms with Crippen LogP contribution in [0.15, 0.2) is 35.6 Å². The molecule has 252 valence electrons.